The molecule has 3 rings (SSSR count). The first kappa shape index (κ1) is 11.3. The van der Waals surface area contributed by atoms with Crippen LogP contribution in [0.5, 0.6) is 0 Å². The van der Waals surface area contributed by atoms with Crippen LogP contribution in [0.25, 0.3) is 22.2 Å². The molecule has 90 valence electrons. The second-order valence-electron chi connectivity index (χ2n) is 4.01. The van der Waals surface area contributed by atoms with Crippen LogP contribution in [-0.4, -0.2) is 4.98 Å². The number of halogens is 1. The standard InChI is InChI=1S/C14H11ClN2O/c15-12-7-9(13-3-1-2-4-17-13)5-10-6-11(8-16)18-14(10)12/h1-7H,8,16H2. The van der Waals surface area contributed by atoms with Crippen molar-refractivity contribution in [3.63, 3.8) is 0 Å². The monoisotopic (exact) mass is 258 g/mol. The summed E-state index contributed by atoms with van der Waals surface area (Å²) in [7, 11) is 0. The minimum atomic E-state index is 0.365. The second kappa shape index (κ2) is 4.44. The van der Waals surface area contributed by atoms with Gasteiger partial charge in [0.05, 0.1) is 17.3 Å². The van der Waals surface area contributed by atoms with Gasteiger partial charge in [0.1, 0.15) is 5.76 Å². The van der Waals surface area contributed by atoms with E-state index in [9.17, 15) is 0 Å². The number of nitrogens with two attached hydrogens (primary N) is 1. The molecule has 1 aromatic carbocycles. The van der Waals surface area contributed by atoms with Crippen LogP contribution < -0.4 is 5.73 Å². The predicted octanol–water partition coefficient (Wildman–Crippen LogP) is 3.61. The molecule has 2 heterocycles. The van der Waals surface area contributed by atoms with Gasteiger partial charge in [-0.2, -0.15) is 0 Å². The first-order valence-corrected chi connectivity index (χ1v) is 5.99. The summed E-state index contributed by atoms with van der Waals surface area (Å²) in [6.45, 7) is 0.365. The fraction of sp³-hybridized carbons (Fsp3) is 0.0714. The molecule has 0 amide bonds. The van der Waals surface area contributed by atoms with Crippen LogP contribution in [0.15, 0.2) is 47.0 Å². The Balaban J connectivity index is 2.21. The van der Waals surface area contributed by atoms with E-state index in [1.807, 2.05) is 36.4 Å². The molecule has 4 heteroatoms. The first-order chi connectivity index (χ1) is 8.78. The molecule has 0 bridgehead atoms. The average Bonchev–Trinajstić information content (AvgIpc) is 2.83. The zero-order chi connectivity index (χ0) is 12.5. The molecule has 0 fully saturated rings. The Hall–Kier alpha value is -1.84. The number of fused-ring (bicyclic) bond motifs is 1. The molecular formula is C14H11ClN2O. The lowest BCUT2D eigenvalue weighted by atomic mass is 10.1. The van der Waals surface area contributed by atoms with Gasteiger partial charge in [-0.3, -0.25) is 4.98 Å². The smallest absolute Gasteiger partial charge is 0.152 e. The molecule has 0 atom stereocenters. The average molecular weight is 259 g/mol. The molecular weight excluding hydrogens is 248 g/mol. The van der Waals surface area contributed by atoms with E-state index < -0.39 is 0 Å². The van der Waals surface area contributed by atoms with E-state index in [1.165, 1.54) is 0 Å². The van der Waals surface area contributed by atoms with Crippen molar-refractivity contribution in [1.82, 2.24) is 4.98 Å². The number of benzene rings is 1. The van der Waals surface area contributed by atoms with Crippen molar-refractivity contribution in [2.24, 2.45) is 5.73 Å². The van der Waals surface area contributed by atoms with Crippen molar-refractivity contribution >= 4 is 22.6 Å². The van der Waals surface area contributed by atoms with Crippen LogP contribution >= 0.6 is 11.6 Å². The summed E-state index contributed by atoms with van der Waals surface area (Å²) in [5.41, 5.74) is 8.10. The number of hydrogen-bond acceptors (Lipinski definition) is 3. The molecule has 0 saturated carbocycles. The number of rotatable bonds is 2. The molecule has 0 aliphatic rings. The van der Waals surface area contributed by atoms with Crippen LogP contribution in [0.1, 0.15) is 5.76 Å². The third-order valence-electron chi connectivity index (χ3n) is 2.78. The van der Waals surface area contributed by atoms with E-state index in [0.29, 0.717) is 17.2 Å². The topological polar surface area (TPSA) is 52.0 Å². The van der Waals surface area contributed by atoms with Crippen LogP contribution in [0.3, 0.4) is 0 Å². The number of hydrogen-bond donors (Lipinski definition) is 1. The van der Waals surface area contributed by atoms with E-state index in [1.54, 1.807) is 6.20 Å². The Morgan fingerprint density at radius 1 is 1.22 bits per heavy atom. The van der Waals surface area contributed by atoms with Crippen molar-refractivity contribution < 1.29 is 4.42 Å². The van der Waals surface area contributed by atoms with Gasteiger partial charge in [-0.25, -0.2) is 0 Å². The third-order valence-corrected chi connectivity index (χ3v) is 3.06. The summed E-state index contributed by atoms with van der Waals surface area (Å²) in [6.07, 6.45) is 1.76. The van der Waals surface area contributed by atoms with Gasteiger partial charge in [0.25, 0.3) is 0 Å². The highest BCUT2D eigenvalue weighted by Crippen LogP contribution is 2.32. The quantitative estimate of drug-likeness (QED) is 0.764. The molecule has 0 radical (unpaired) electrons. The number of pyridine rings is 1. The van der Waals surface area contributed by atoms with Crippen LogP contribution in [0.4, 0.5) is 0 Å². The summed E-state index contributed by atoms with van der Waals surface area (Å²) < 4.78 is 5.56. The Morgan fingerprint density at radius 3 is 2.83 bits per heavy atom. The van der Waals surface area contributed by atoms with Gasteiger partial charge >= 0.3 is 0 Å². The van der Waals surface area contributed by atoms with Crippen LogP contribution in [0.2, 0.25) is 5.02 Å². The number of furan rings is 1. The molecule has 0 unspecified atom stereocenters. The lowest BCUT2D eigenvalue weighted by molar-refractivity contribution is 0.552. The van der Waals surface area contributed by atoms with Crippen molar-refractivity contribution in [3.8, 4) is 11.3 Å². The van der Waals surface area contributed by atoms with Crippen molar-refractivity contribution in [1.29, 1.82) is 0 Å². The largest absolute Gasteiger partial charge is 0.458 e. The Labute approximate surface area is 109 Å². The zero-order valence-electron chi connectivity index (χ0n) is 9.56. The van der Waals surface area contributed by atoms with Gasteiger partial charge < -0.3 is 10.2 Å². The summed E-state index contributed by atoms with van der Waals surface area (Å²) >= 11 is 6.22. The van der Waals surface area contributed by atoms with E-state index >= 15 is 0 Å². The van der Waals surface area contributed by atoms with Gasteiger partial charge in [0.2, 0.25) is 0 Å². The van der Waals surface area contributed by atoms with Crippen LogP contribution in [0, 0.1) is 0 Å². The maximum atomic E-state index is 6.22. The van der Waals surface area contributed by atoms with E-state index in [2.05, 4.69) is 4.98 Å². The molecule has 0 aliphatic heterocycles. The fourth-order valence-electron chi connectivity index (χ4n) is 1.95. The lowest BCUT2D eigenvalue weighted by Gasteiger charge is -2.01. The highest BCUT2D eigenvalue weighted by molar-refractivity contribution is 6.35. The lowest BCUT2D eigenvalue weighted by Crippen LogP contribution is -1.92. The maximum absolute atomic E-state index is 6.22. The molecule has 3 aromatic rings. The van der Waals surface area contributed by atoms with Gasteiger partial charge in [-0.1, -0.05) is 17.7 Å². The van der Waals surface area contributed by atoms with Crippen LogP contribution in [-0.2, 0) is 6.54 Å². The summed E-state index contributed by atoms with van der Waals surface area (Å²) in [6, 6.07) is 11.5. The maximum Gasteiger partial charge on any atom is 0.152 e. The first-order valence-electron chi connectivity index (χ1n) is 5.61. The van der Waals surface area contributed by atoms with Gasteiger partial charge in [0, 0.05) is 17.1 Å². The molecule has 2 aromatic heterocycles. The molecule has 3 nitrogen and oxygen atoms in total. The Kier molecular flexibility index (Phi) is 2.78. The van der Waals surface area contributed by atoms with Crippen molar-refractivity contribution in [3.05, 3.63) is 53.4 Å². The minimum absolute atomic E-state index is 0.365. The summed E-state index contributed by atoms with van der Waals surface area (Å²) in [4.78, 5) is 4.31. The molecule has 18 heavy (non-hydrogen) atoms. The molecule has 0 saturated heterocycles. The zero-order valence-corrected chi connectivity index (χ0v) is 10.3. The van der Waals surface area contributed by atoms with Gasteiger partial charge in [-0.15, -0.1) is 0 Å². The molecule has 0 spiro atoms. The highest BCUT2D eigenvalue weighted by Gasteiger charge is 2.10. The third kappa shape index (κ3) is 1.88. The SMILES string of the molecule is NCc1cc2cc(-c3ccccn3)cc(Cl)c2o1. The second-order valence-corrected chi connectivity index (χ2v) is 4.42. The van der Waals surface area contributed by atoms with E-state index in [0.717, 1.165) is 22.4 Å². The number of aromatic nitrogens is 1. The highest BCUT2D eigenvalue weighted by atomic mass is 35.5. The molecule has 2 N–H and O–H groups in total. The van der Waals surface area contributed by atoms with Crippen molar-refractivity contribution in [2.45, 2.75) is 6.54 Å². The van der Waals surface area contributed by atoms with Gasteiger partial charge in [-0.05, 0) is 30.3 Å². The van der Waals surface area contributed by atoms with Crippen molar-refractivity contribution in [2.75, 3.05) is 0 Å². The Morgan fingerprint density at radius 2 is 2.11 bits per heavy atom. The normalized spacial score (nSPS) is 11.0. The molecule has 0 aliphatic carbocycles. The summed E-state index contributed by atoms with van der Waals surface area (Å²) in [5, 5.41) is 1.52. The summed E-state index contributed by atoms with van der Waals surface area (Å²) in [5.74, 6) is 0.727. The fourth-order valence-corrected chi connectivity index (χ4v) is 2.21. The minimum Gasteiger partial charge on any atom is -0.458 e. The number of nitrogens with zero attached hydrogens (tertiary/aromatic N) is 1. The van der Waals surface area contributed by atoms with E-state index in [-0.39, 0.29) is 0 Å². The van der Waals surface area contributed by atoms with Gasteiger partial charge in [0.15, 0.2) is 5.58 Å². The van der Waals surface area contributed by atoms with E-state index in [4.69, 9.17) is 21.8 Å². The Bertz CT molecular complexity index is 692. The predicted molar refractivity (Wildman–Crippen MR) is 72.3 cm³/mol.